The number of nitrogens with two attached hydrogens (primary N) is 1. The molecule has 2 rings (SSSR count). The maximum absolute atomic E-state index is 11.6. The molecule has 0 aromatic heterocycles. The SMILES string of the molecule is CNC(=O)C1CCN(c2ccc(CN)c(Br)c2)CC1. The van der Waals surface area contributed by atoms with Crippen LogP contribution in [0.25, 0.3) is 0 Å². The van der Waals surface area contributed by atoms with Crippen LogP contribution in [0.3, 0.4) is 0 Å². The van der Waals surface area contributed by atoms with Gasteiger partial charge in [-0.05, 0) is 30.5 Å². The van der Waals surface area contributed by atoms with Gasteiger partial charge in [0.15, 0.2) is 0 Å². The van der Waals surface area contributed by atoms with E-state index in [2.05, 4.69) is 44.3 Å². The normalized spacial score (nSPS) is 16.5. The number of piperidine rings is 1. The van der Waals surface area contributed by atoms with Gasteiger partial charge in [0.1, 0.15) is 0 Å². The number of hydrogen-bond donors (Lipinski definition) is 2. The van der Waals surface area contributed by atoms with E-state index in [-0.39, 0.29) is 11.8 Å². The van der Waals surface area contributed by atoms with Crippen LogP contribution in [0.4, 0.5) is 5.69 Å². The van der Waals surface area contributed by atoms with Crippen molar-refractivity contribution in [1.29, 1.82) is 0 Å². The molecule has 0 bridgehead atoms. The van der Waals surface area contributed by atoms with Gasteiger partial charge in [0.05, 0.1) is 0 Å². The summed E-state index contributed by atoms with van der Waals surface area (Å²) in [5.41, 5.74) is 7.97. The van der Waals surface area contributed by atoms with Gasteiger partial charge in [-0.15, -0.1) is 0 Å². The van der Waals surface area contributed by atoms with Crippen LogP contribution in [0.1, 0.15) is 18.4 Å². The molecule has 1 heterocycles. The molecule has 1 amide bonds. The van der Waals surface area contributed by atoms with Crippen LogP contribution in [0, 0.1) is 5.92 Å². The lowest BCUT2D eigenvalue weighted by atomic mass is 9.95. The molecule has 3 N–H and O–H groups in total. The highest BCUT2D eigenvalue weighted by atomic mass is 79.9. The van der Waals surface area contributed by atoms with E-state index in [1.807, 2.05) is 0 Å². The maximum atomic E-state index is 11.6. The minimum absolute atomic E-state index is 0.160. The zero-order chi connectivity index (χ0) is 13.8. The molecule has 1 fully saturated rings. The summed E-state index contributed by atoms with van der Waals surface area (Å²) in [6, 6.07) is 6.28. The summed E-state index contributed by atoms with van der Waals surface area (Å²) in [5.74, 6) is 0.326. The molecule has 19 heavy (non-hydrogen) atoms. The quantitative estimate of drug-likeness (QED) is 0.892. The molecule has 1 aliphatic rings. The van der Waals surface area contributed by atoms with E-state index in [0.717, 1.165) is 36.0 Å². The van der Waals surface area contributed by atoms with E-state index in [9.17, 15) is 4.79 Å². The monoisotopic (exact) mass is 325 g/mol. The number of nitrogens with zero attached hydrogens (tertiary/aromatic N) is 1. The first-order chi connectivity index (χ1) is 9.15. The molecule has 0 unspecified atom stereocenters. The zero-order valence-corrected chi connectivity index (χ0v) is 12.7. The van der Waals surface area contributed by atoms with Gasteiger partial charge in [0, 0.05) is 42.8 Å². The first-order valence-corrected chi connectivity index (χ1v) is 7.40. The summed E-state index contributed by atoms with van der Waals surface area (Å²) in [7, 11) is 1.71. The lowest BCUT2D eigenvalue weighted by Crippen LogP contribution is -2.39. The predicted octanol–water partition coefficient (Wildman–Crippen LogP) is 1.87. The number of rotatable bonds is 3. The molecule has 5 heteroatoms. The highest BCUT2D eigenvalue weighted by molar-refractivity contribution is 9.10. The van der Waals surface area contributed by atoms with Crippen LogP contribution in [-0.4, -0.2) is 26.0 Å². The molecular formula is C14H20BrN3O. The summed E-state index contributed by atoms with van der Waals surface area (Å²) in [6.07, 6.45) is 1.83. The predicted molar refractivity (Wildman–Crippen MR) is 81.0 cm³/mol. The number of amides is 1. The van der Waals surface area contributed by atoms with Gasteiger partial charge >= 0.3 is 0 Å². The number of hydrogen-bond acceptors (Lipinski definition) is 3. The number of benzene rings is 1. The fourth-order valence-electron chi connectivity index (χ4n) is 2.50. The molecule has 1 aliphatic heterocycles. The fourth-order valence-corrected chi connectivity index (χ4v) is 3.03. The summed E-state index contributed by atoms with van der Waals surface area (Å²) >= 11 is 3.55. The van der Waals surface area contributed by atoms with Crippen molar-refractivity contribution in [3.63, 3.8) is 0 Å². The first-order valence-electron chi connectivity index (χ1n) is 6.60. The van der Waals surface area contributed by atoms with Crippen molar-refractivity contribution in [2.45, 2.75) is 19.4 Å². The smallest absolute Gasteiger partial charge is 0.222 e. The van der Waals surface area contributed by atoms with Gasteiger partial charge in [-0.25, -0.2) is 0 Å². The average Bonchev–Trinajstić information content (AvgIpc) is 2.46. The second-order valence-corrected chi connectivity index (χ2v) is 5.71. The van der Waals surface area contributed by atoms with Crippen molar-refractivity contribution in [2.75, 3.05) is 25.0 Å². The second kappa shape index (κ2) is 6.39. The van der Waals surface area contributed by atoms with E-state index in [0.29, 0.717) is 6.54 Å². The van der Waals surface area contributed by atoms with Gasteiger partial charge in [0.2, 0.25) is 5.91 Å². The van der Waals surface area contributed by atoms with Crippen molar-refractivity contribution >= 4 is 27.5 Å². The molecule has 0 spiro atoms. The Bertz CT molecular complexity index is 456. The van der Waals surface area contributed by atoms with Crippen molar-refractivity contribution in [3.05, 3.63) is 28.2 Å². The Morgan fingerprint density at radius 2 is 2.16 bits per heavy atom. The molecule has 0 aliphatic carbocycles. The maximum Gasteiger partial charge on any atom is 0.222 e. The zero-order valence-electron chi connectivity index (χ0n) is 11.2. The largest absolute Gasteiger partial charge is 0.371 e. The van der Waals surface area contributed by atoms with Crippen molar-refractivity contribution in [1.82, 2.24) is 5.32 Å². The van der Waals surface area contributed by atoms with Crippen molar-refractivity contribution < 1.29 is 4.79 Å². The van der Waals surface area contributed by atoms with Crippen LogP contribution in [0.2, 0.25) is 0 Å². The van der Waals surface area contributed by atoms with Crippen LogP contribution < -0.4 is 16.0 Å². The average molecular weight is 326 g/mol. The molecule has 104 valence electrons. The molecule has 0 radical (unpaired) electrons. The molecule has 1 aromatic rings. The lowest BCUT2D eigenvalue weighted by molar-refractivity contribution is -0.125. The van der Waals surface area contributed by atoms with E-state index < -0.39 is 0 Å². The van der Waals surface area contributed by atoms with Gasteiger partial charge in [-0.1, -0.05) is 22.0 Å². The highest BCUT2D eigenvalue weighted by Crippen LogP contribution is 2.27. The first kappa shape index (κ1) is 14.3. The molecule has 1 aromatic carbocycles. The van der Waals surface area contributed by atoms with Gasteiger partial charge in [-0.2, -0.15) is 0 Å². The Morgan fingerprint density at radius 3 is 2.68 bits per heavy atom. The van der Waals surface area contributed by atoms with E-state index in [1.165, 1.54) is 5.69 Å². The molecule has 1 saturated heterocycles. The Kier molecular flexibility index (Phi) is 4.82. The minimum atomic E-state index is 0.160. The van der Waals surface area contributed by atoms with E-state index in [1.54, 1.807) is 7.05 Å². The van der Waals surface area contributed by atoms with Crippen molar-refractivity contribution in [2.24, 2.45) is 11.7 Å². The lowest BCUT2D eigenvalue weighted by Gasteiger charge is -2.33. The Labute approximate surface area is 122 Å². The third-order valence-corrected chi connectivity index (χ3v) is 4.47. The van der Waals surface area contributed by atoms with Gasteiger partial charge in [-0.3, -0.25) is 4.79 Å². The van der Waals surface area contributed by atoms with Crippen LogP contribution in [-0.2, 0) is 11.3 Å². The topological polar surface area (TPSA) is 58.4 Å². The number of nitrogens with one attached hydrogen (secondary N) is 1. The Morgan fingerprint density at radius 1 is 1.47 bits per heavy atom. The molecular weight excluding hydrogens is 306 g/mol. The number of carbonyl (C=O) groups excluding carboxylic acids is 1. The second-order valence-electron chi connectivity index (χ2n) is 4.86. The van der Waals surface area contributed by atoms with Crippen LogP contribution in [0.15, 0.2) is 22.7 Å². The third kappa shape index (κ3) is 3.28. The van der Waals surface area contributed by atoms with Crippen LogP contribution >= 0.6 is 15.9 Å². The van der Waals surface area contributed by atoms with Crippen LogP contribution in [0.5, 0.6) is 0 Å². The van der Waals surface area contributed by atoms with E-state index >= 15 is 0 Å². The fraction of sp³-hybridized carbons (Fsp3) is 0.500. The summed E-state index contributed by atoms with van der Waals surface area (Å²) < 4.78 is 1.06. The van der Waals surface area contributed by atoms with Gasteiger partial charge in [0.25, 0.3) is 0 Å². The van der Waals surface area contributed by atoms with Gasteiger partial charge < -0.3 is 16.0 Å². The molecule has 4 nitrogen and oxygen atoms in total. The third-order valence-electron chi connectivity index (χ3n) is 3.73. The van der Waals surface area contributed by atoms with E-state index in [4.69, 9.17) is 5.73 Å². The molecule has 0 saturated carbocycles. The Balaban J connectivity index is 2.01. The standard InChI is InChI=1S/C14H20BrN3O/c1-17-14(19)10-4-6-18(7-5-10)12-3-2-11(9-16)13(15)8-12/h2-3,8,10H,4-7,9,16H2,1H3,(H,17,19). The number of anilines is 1. The van der Waals surface area contributed by atoms with Crippen molar-refractivity contribution in [3.8, 4) is 0 Å². The summed E-state index contributed by atoms with van der Waals surface area (Å²) in [6.45, 7) is 2.39. The molecule has 0 atom stereocenters. The summed E-state index contributed by atoms with van der Waals surface area (Å²) in [5, 5.41) is 2.73. The summed E-state index contributed by atoms with van der Waals surface area (Å²) in [4.78, 5) is 13.9. The minimum Gasteiger partial charge on any atom is -0.371 e. The highest BCUT2D eigenvalue weighted by Gasteiger charge is 2.24. The number of carbonyl (C=O) groups is 1. The Hall–Kier alpha value is -1.07. The number of halogens is 1.